The summed E-state index contributed by atoms with van der Waals surface area (Å²) in [6, 6.07) is 7.63. The molecule has 3 N–H and O–H groups in total. The number of rotatable bonds is 7. The lowest BCUT2D eigenvalue weighted by Gasteiger charge is -2.24. The first-order valence-corrected chi connectivity index (χ1v) is 10.8. The number of nitrogens with one attached hydrogen (secondary N) is 3. The molecular weight excluding hydrogens is 444 g/mol. The fourth-order valence-corrected chi connectivity index (χ4v) is 4.62. The Bertz CT molecular complexity index is 1010. The van der Waals surface area contributed by atoms with E-state index in [0.29, 0.717) is 21.2 Å². The van der Waals surface area contributed by atoms with Gasteiger partial charge in [0, 0.05) is 29.0 Å². The van der Waals surface area contributed by atoms with E-state index < -0.39 is 0 Å². The Morgan fingerprint density at radius 2 is 2.18 bits per heavy atom. The Morgan fingerprint density at radius 1 is 1.36 bits per heavy atom. The summed E-state index contributed by atoms with van der Waals surface area (Å²) in [5, 5.41) is 4.99. The average molecular weight is 465 g/mol. The molecule has 0 aliphatic carbocycles. The van der Waals surface area contributed by atoms with Crippen LogP contribution in [0.15, 0.2) is 38.9 Å². The first-order valence-electron chi connectivity index (χ1n) is 9.14. The number of aromatic nitrogens is 2. The van der Waals surface area contributed by atoms with Crippen molar-refractivity contribution in [3.8, 4) is 0 Å². The number of imidazole rings is 1. The zero-order chi connectivity index (χ0) is 19.5. The van der Waals surface area contributed by atoms with Crippen LogP contribution in [-0.2, 0) is 16.1 Å². The molecule has 0 radical (unpaired) electrons. The van der Waals surface area contributed by atoms with Crippen molar-refractivity contribution in [2.75, 3.05) is 25.0 Å². The van der Waals surface area contributed by atoms with Crippen LogP contribution in [0.5, 0.6) is 0 Å². The predicted octanol–water partition coefficient (Wildman–Crippen LogP) is 3.30. The third-order valence-corrected chi connectivity index (χ3v) is 6.21. The van der Waals surface area contributed by atoms with Crippen LogP contribution in [0.1, 0.15) is 17.7 Å². The second-order valence-electron chi connectivity index (χ2n) is 6.89. The Kier molecular flexibility index (Phi) is 5.96. The minimum absolute atomic E-state index is 0.104. The number of hydrogen-bond donors (Lipinski definition) is 3. The first kappa shape index (κ1) is 19.4. The third kappa shape index (κ3) is 4.72. The molecule has 0 saturated carbocycles. The van der Waals surface area contributed by atoms with Gasteiger partial charge in [-0.1, -0.05) is 6.07 Å². The normalized spacial score (nSPS) is 16.9. The predicted molar refractivity (Wildman–Crippen MR) is 114 cm³/mol. The van der Waals surface area contributed by atoms with Crippen molar-refractivity contribution in [1.82, 2.24) is 14.9 Å². The molecule has 1 amide bonds. The number of aromatic amines is 2. The molecule has 148 valence electrons. The van der Waals surface area contributed by atoms with Gasteiger partial charge < -0.3 is 20.0 Å². The minimum Gasteiger partial charge on any atom is -0.377 e. The number of hydrogen-bond acceptors (Lipinski definition) is 5. The van der Waals surface area contributed by atoms with Crippen molar-refractivity contribution >= 4 is 49.9 Å². The standard InChI is InChI=1S/C19H21BrN4O3S/c20-14-7-16-17(23-19(26)22-16)8-15(14)21-18(25)11-24(9-12-3-1-5-27-12)10-13-4-2-6-28-13/h2,4,6-8,12H,1,3,5,9-11H2,(H,21,25)(H2,22,23,26)/t12-/m0/s1. The topological polar surface area (TPSA) is 90.2 Å². The van der Waals surface area contributed by atoms with Crippen LogP contribution >= 0.6 is 27.3 Å². The van der Waals surface area contributed by atoms with Crippen LogP contribution in [0.2, 0.25) is 0 Å². The number of nitrogens with zero attached hydrogens (tertiary/aromatic N) is 1. The summed E-state index contributed by atoms with van der Waals surface area (Å²) in [6.45, 7) is 2.52. The van der Waals surface area contributed by atoms with Crippen molar-refractivity contribution in [2.45, 2.75) is 25.5 Å². The molecule has 28 heavy (non-hydrogen) atoms. The third-order valence-electron chi connectivity index (χ3n) is 4.69. The smallest absolute Gasteiger partial charge is 0.323 e. The highest BCUT2D eigenvalue weighted by Gasteiger charge is 2.21. The summed E-state index contributed by atoms with van der Waals surface area (Å²) in [7, 11) is 0. The summed E-state index contributed by atoms with van der Waals surface area (Å²) in [4.78, 5) is 33.0. The molecule has 0 unspecified atom stereocenters. The maximum Gasteiger partial charge on any atom is 0.323 e. The highest BCUT2D eigenvalue weighted by molar-refractivity contribution is 9.10. The molecular formula is C19H21BrN4O3S. The van der Waals surface area contributed by atoms with Gasteiger partial charge in [0.15, 0.2) is 0 Å². The van der Waals surface area contributed by atoms with E-state index in [1.54, 1.807) is 23.5 Å². The lowest BCUT2D eigenvalue weighted by atomic mass is 10.2. The number of ether oxygens (including phenoxy) is 1. The molecule has 1 aromatic carbocycles. The molecule has 1 saturated heterocycles. The average Bonchev–Trinajstić information content (AvgIpc) is 3.37. The van der Waals surface area contributed by atoms with Gasteiger partial charge in [-0.3, -0.25) is 9.69 Å². The van der Waals surface area contributed by atoms with Crippen LogP contribution in [0.25, 0.3) is 11.0 Å². The van der Waals surface area contributed by atoms with Crippen LogP contribution < -0.4 is 11.0 Å². The fraction of sp³-hybridized carbons (Fsp3) is 0.368. The minimum atomic E-state index is -0.274. The molecule has 0 spiro atoms. The molecule has 4 rings (SSSR count). The second kappa shape index (κ2) is 8.60. The molecule has 1 aliphatic rings. The van der Waals surface area contributed by atoms with E-state index in [4.69, 9.17) is 4.74 Å². The molecule has 3 heterocycles. The van der Waals surface area contributed by atoms with Gasteiger partial charge in [0.25, 0.3) is 0 Å². The van der Waals surface area contributed by atoms with Crippen LogP contribution in [0.3, 0.4) is 0 Å². The monoisotopic (exact) mass is 464 g/mol. The lowest BCUT2D eigenvalue weighted by Crippen LogP contribution is -2.37. The van der Waals surface area contributed by atoms with E-state index in [2.05, 4.69) is 42.2 Å². The van der Waals surface area contributed by atoms with Gasteiger partial charge in [0.1, 0.15) is 0 Å². The van der Waals surface area contributed by atoms with Crippen LogP contribution in [0, 0.1) is 0 Å². The van der Waals surface area contributed by atoms with Crippen molar-refractivity contribution in [1.29, 1.82) is 0 Å². The molecule has 9 heteroatoms. The fourth-order valence-electron chi connectivity index (χ4n) is 3.43. The van der Waals surface area contributed by atoms with Gasteiger partial charge in [-0.15, -0.1) is 11.3 Å². The Labute approximate surface area is 174 Å². The van der Waals surface area contributed by atoms with Gasteiger partial charge in [-0.25, -0.2) is 4.79 Å². The number of fused-ring (bicyclic) bond motifs is 1. The number of amides is 1. The highest BCUT2D eigenvalue weighted by atomic mass is 79.9. The SMILES string of the molecule is O=C(CN(Cc1cccs1)C[C@@H]1CCCO1)Nc1cc2[nH]c(=O)[nH]c2cc1Br. The first-order chi connectivity index (χ1) is 13.6. The van der Waals surface area contributed by atoms with E-state index in [-0.39, 0.29) is 24.2 Å². The van der Waals surface area contributed by atoms with Gasteiger partial charge in [-0.2, -0.15) is 0 Å². The van der Waals surface area contributed by atoms with Gasteiger partial charge in [0.2, 0.25) is 5.91 Å². The summed E-state index contributed by atoms with van der Waals surface area (Å²) < 4.78 is 6.47. The maximum atomic E-state index is 12.7. The lowest BCUT2D eigenvalue weighted by molar-refractivity contribution is -0.117. The number of benzene rings is 1. The number of carbonyl (C=O) groups excluding carboxylic acids is 1. The number of thiophene rings is 1. The molecule has 3 aromatic rings. The van der Waals surface area contributed by atoms with E-state index in [0.717, 1.165) is 32.5 Å². The molecule has 1 fully saturated rings. The molecule has 7 nitrogen and oxygen atoms in total. The number of halogens is 1. The van der Waals surface area contributed by atoms with Gasteiger partial charge in [0.05, 0.1) is 29.4 Å². The molecule has 1 atom stereocenters. The van der Waals surface area contributed by atoms with E-state index >= 15 is 0 Å². The van der Waals surface area contributed by atoms with E-state index in [1.165, 1.54) is 4.88 Å². The van der Waals surface area contributed by atoms with Crippen molar-refractivity contribution in [3.63, 3.8) is 0 Å². The van der Waals surface area contributed by atoms with E-state index in [1.807, 2.05) is 11.4 Å². The van der Waals surface area contributed by atoms with Gasteiger partial charge in [-0.05, 0) is 52.4 Å². The van der Waals surface area contributed by atoms with Crippen molar-refractivity contribution in [2.24, 2.45) is 0 Å². The van der Waals surface area contributed by atoms with Crippen molar-refractivity contribution < 1.29 is 9.53 Å². The van der Waals surface area contributed by atoms with Crippen molar-refractivity contribution in [3.05, 3.63) is 49.5 Å². The Balaban J connectivity index is 1.45. The van der Waals surface area contributed by atoms with E-state index in [9.17, 15) is 9.59 Å². The number of carbonyl (C=O) groups is 1. The zero-order valence-electron chi connectivity index (χ0n) is 15.2. The maximum absolute atomic E-state index is 12.7. The summed E-state index contributed by atoms with van der Waals surface area (Å²) >= 11 is 5.15. The summed E-state index contributed by atoms with van der Waals surface area (Å²) in [5.41, 5.74) is 1.69. The molecule has 1 aliphatic heterocycles. The van der Waals surface area contributed by atoms with Gasteiger partial charge >= 0.3 is 5.69 Å². The van der Waals surface area contributed by atoms with Crippen LogP contribution in [-0.4, -0.2) is 46.6 Å². The number of anilines is 1. The summed E-state index contributed by atoms with van der Waals surface area (Å²) in [6.07, 6.45) is 2.29. The number of H-pyrrole nitrogens is 2. The van der Waals surface area contributed by atoms with Crippen LogP contribution in [0.4, 0.5) is 5.69 Å². The summed E-state index contributed by atoms with van der Waals surface area (Å²) in [5.74, 6) is -0.104. The second-order valence-corrected chi connectivity index (χ2v) is 8.78. The Morgan fingerprint density at radius 3 is 2.89 bits per heavy atom. The zero-order valence-corrected chi connectivity index (χ0v) is 17.6. The highest BCUT2D eigenvalue weighted by Crippen LogP contribution is 2.26. The molecule has 2 aromatic heterocycles. The molecule has 0 bridgehead atoms. The Hall–Kier alpha value is -1.94. The quantitative estimate of drug-likeness (QED) is 0.500. The largest absolute Gasteiger partial charge is 0.377 e.